The van der Waals surface area contributed by atoms with Crippen molar-refractivity contribution in [3.05, 3.63) is 50.8 Å². The number of rotatable bonds is 9. The lowest BCUT2D eigenvalue weighted by molar-refractivity contribution is -0.384. The van der Waals surface area contributed by atoms with Crippen LogP contribution in [0.15, 0.2) is 30.6 Å². The molecule has 0 saturated carbocycles. The lowest BCUT2D eigenvalue weighted by Gasteiger charge is -2.24. The first-order chi connectivity index (χ1) is 15.2. The normalized spacial score (nSPS) is 15.0. The van der Waals surface area contributed by atoms with Crippen LogP contribution in [0.4, 0.5) is 5.69 Å². The van der Waals surface area contributed by atoms with Crippen LogP contribution in [0, 0.1) is 10.1 Å². The Kier molecular flexibility index (Phi) is 10.9. The third-order valence-electron chi connectivity index (χ3n) is 3.89. The summed E-state index contributed by atoms with van der Waals surface area (Å²) in [7, 11) is -4.86. The second-order valence-corrected chi connectivity index (χ2v) is 8.28. The molecule has 17 heteroatoms. The molecule has 1 aromatic carbocycles. The van der Waals surface area contributed by atoms with E-state index in [1.165, 1.54) is 6.07 Å². The molecule has 2 aromatic rings. The number of carboxylic acids is 1. The van der Waals surface area contributed by atoms with Gasteiger partial charge in [0.25, 0.3) is 5.69 Å². The first kappa shape index (κ1) is 28.9. The topological polar surface area (TPSA) is 244 Å². The predicted octanol–water partition coefficient (Wildman–Crippen LogP) is 0.521. The van der Waals surface area contributed by atoms with Crippen molar-refractivity contribution in [2.45, 2.75) is 24.4 Å². The minimum absolute atomic E-state index is 0.0970. The van der Waals surface area contributed by atoms with Crippen molar-refractivity contribution in [1.82, 2.24) is 4.98 Å². The number of hydrogen-bond donors (Lipinski definition) is 8. The van der Waals surface area contributed by atoms with Crippen LogP contribution in [0.3, 0.4) is 0 Å². The summed E-state index contributed by atoms with van der Waals surface area (Å²) in [6, 6.07) is 4.73. The third-order valence-corrected chi connectivity index (χ3v) is 4.99. The molecule has 1 aromatic heterocycles. The number of aromatic nitrogens is 1. The van der Waals surface area contributed by atoms with Gasteiger partial charge in [-0.15, -0.1) is 0 Å². The highest BCUT2D eigenvalue weighted by Crippen LogP contribution is 2.38. The molecule has 33 heavy (non-hydrogen) atoms. The molecule has 4 atom stereocenters. The fraction of sp³-hybridized carbons (Fsp3) is 0.312. The van der Waals surface area contributed by atoms with E-state index in [2.05, 4.69) is 9.51 Å². The standard InChI is InChI=1S/C10H6Cl2N2O2.C6H13O10P/c11-8-3-1-2-6(10(8)14(15)16)7-4-13-5-9(7)12;7-2(1-16-17(13,14)15)3(8)4(9)5(10)6(11)12/h1-5,13H;2-5,7-10H,1H2,(H,11,12)(H2,13,14,15)/t;2-,3-,4+,5-/m.1/s1. The molecule has 8 N–H and O–H groups in total. The molecule has 0 bridgehead atoms. The maximum Gasteiger partial charge on any atom is 0.469 e. The number of halogens is 2. The van der Waals surface area contributed by atoms with Gasteiger partial charge in [0.1, 0.15) is 23.3 Å². The summed E-state index contributed by atoms with van der Waals surface area (Å²) in [4.78, 5) is 40.0. The Balaban J connectivity index is 0.000000330. The molecule has 2 rings (SSSR count). The number of carbonyl (C=O) groups is 1. The number of H-pyrrole nitrogens is 1. The summed E-state index contributed by atoms with van der Waals surface area (Å²) in [6.45, 7) is -1.05. The average Bonchev–Trinajstić information content (AvgIpc) is 3.15. The van der Waals surface area contributed by atoms with Gasteiger partial charge in [-0.3, -0.25) is 14.6 Å². The molecule has 0 spiro atoms. The molecule has 0 radical (unpaired) electrons. The summed E-state index contributed by atoms with van der Waals surface area (Å²) in [5.41, 5.74) is 0.838. The number of phosphoric acid groups is 1. The van der Waals surface area contributed by atoms with E-state index in [1.807, 2.05) is 0 Å². The minimum Gasteiger partial charge on any atom is -0.479 e. The van der Waals surface area contributed by atoms with Crippen molar-refractivity contribution in [3.63, 3.8) is 0 Å². The maximum absolute atomic E-state index is 10.9. The van der Waals surface area contributed by atoms with E-state index < -0.39 is 49.7 Å². The number of nitrogens with zero attached hydrogens (tertiary/aromatic N) is 1. The maximum atomic E-state index is 10.9. The van der Waals surface area contributed by atoms with Gasteiger partial charge in [-0.1, -0.05) is 29.3 Å². The Morgan fingerprint density at radius 1 is 1.09 bits per heavy atom. The van der Waals surface area contributed by atoms with Gasteiger partial charge < -0.3 is 40.3 Å². The molecule has 184 valence electrons. The summed E-state index contributed by atoms with van der Waals surface area (Å²) < 4.78 is 14.1. The Morgan fingerprint density at radius 3 is 2.15 bits per heavy atom. The van der Waals surface area contributed by atoms with Crippen LogP contribution in [-0.2, 0) is 13.9 Å². The van der Waals surface area contributed by atoms with E-state index in [9.17, 15) is 19.5 Å². The smallest absolute Gasteiger partial charge is 0.469 e. The first-order valence-electron chi connectivity index (χ1n) is 8.58. The number of benzene rings is 1. The predicted molar refractivity (Wildman–Crippen MR) is 113 cm³/mol. The van der Waals surface area contributed by atoms with Crippen LogP contribution in [0.2, 0.25) is 10.0 Å². The van der Waals surface area contributed by atoms with Crippen LogP contribution >= 0.6 is 31.0 Å². The fourth-order valence-corrected chi connectivity index (χ4v) is 3.11. The van der Waals surface area contributed by atoms with Crippen molar-refractivity contribution in [2.75, 3.05) is 6.61 Å². The van der Waals surface area contributed by atoms with Crippen molar-refractivity contribution < 1.29 is 54.1 Å². The van der Waals surface area contributed by atoms with Crippen molar-refractivity contribution in [3.8, 4) is 11.1 Å². The summed E-state index contributed by atoms with van der Waals surface area (Å²) in [6.07, 6.45) is -5.56. The quantitative estimate of drug-likeness (QED) is 0.125. The molecule has 0 unspecified atom stereocenters. The molecular weight excluding hydrogens is 514 g/mol. The van der Waals surface area contributed by atoms with E-state index in [1.54, 1.807) is 24.5 Å². The van der Waals surface area contributed by atoms with Crippen LogP contribution in [-0.4, -0.2) is 82.2 Å². The minimum atomic E-state index is -4.86. The third kappa shape index (κ3) is 8.64. The van der Waals surface area contributed by atoms with Crippen molar-refractivity contribution in [2.24, 2.45) is 0 Å². The Hall–Kier alpha value is -2.10. The number of nitro benzene ring substituents is 1. The number of phosphoric ester groups is 1. The SMILES string of the molecule is O=C(O)[C@H](O)[C@@H](O)[C@H](O)[C@H](O)COP(=O)(O)O.O=[N+]([O-])c1c(Cl)cccc1-c1c[nH]cc1Cl. The molecule has 1 heterocycles. The van der Waals surface area contributed by atoms with Gasteiger partial charge in [0, 0.05) is 18.0 Å². The monoisotopic (exact) mass is 532 g/mol. The molecule has 0 aliphatic heterocycles. The number of hydrogen-bond acceptors (Lipinski definition) is 9. The largest absolute Gasteiger partial charge is 0.479 e. The highest BCUT2D eigenvalue weighted by atomic mass is 35.5. The number of aromatic amines is 1. The van der Waals surface area contributed by atoms with Gasteiger partial charge in [-0.2, -0.15) is 0 Å². The van der Waals surface area contributed by atoms with E-state index >= 15 is 0 Å². The second-order valence-electron chi connectivity index (χ2n) is 6.23. The number of carboxylic acid groups (broad SMARTS) is 1. The van der Waals surface area contributed by atoms with Gasteiger partial charge in [0.15, 0.2) is 6.10 Å². The molecule has 0 fully saturated rings. The highest BCUT2D eigenvalue weighted by molar-refractivity contribution is 7.46. The van der Waals surface area contributed by atoms with Crippen LogP contribution in [0.25, 0.3) is 11.1 Å². The average molecular weight is 533 g/mol. The summed E-state index contributed by atoms with van der Waals surface area (Å²) >= 11 is 11.7. The van der Waals surface area contributed by atoms with Crippen molar-refractivity contribution >= 4 is 42.7 Å². The van der Waals surface area contributed by atoms with Gasteiger partial charge in [-0.25, -0.2) is 9.36 Å². The number of para-hydroxylation sites is 1. The van der Waals surface area contributed by atoms with Crippen LogP contribution in [0.5, 0.6) is 0 Å². The zero-order valence-corrected chi connectivity index (χ0v) is 18.6. The summed E-state index contributed by atoms with van der Waals surface area (Å²) in [5.74, 6) is -1.83. The zero-order valence-electron chi connectivity index (χ0n) is 16.2. The molecule has 0 aliphatic carbocycles. The number of nitro groups is 1. The molecular formula is C16H19Cl2N2O12P. The Morgan fingerprint density at radius 2 is 1.70 bits per heavy atom. The molecule has 0 saturated heterocycles. The Bertz CT molecular complexity index is 1010. The van der Waals surface area contributed by atoms with E-state index in [4.69, 9.17) is 58.5 Å². The second kappa shape index (κ2) is 12.4. The van der Waals surface area contributed by atoms with Crippen LogP contribution in [0.1, 0.15) is 0 Å². The van der Waals surface area contributed by atoms with Gasteiger partial charge in [0.2, 0.25) is 0 Å². The Labute approximate surface area is 195 Å². The molecule has 14 nitrogen and oxygen atoms in total. The number of aliphatic hydroxyl groups is 4. The van der Waals surface area contributed by atoms with Crippen LogP contribution < -0.4 is 0 Å². The number of nitrogens with one attached hydrogen (secondary N) is 1. The van der Waals surface area contributed by atoms with E-state index in [0.29, 0.717) is 16.1 Å². The number of aliphatic carboxylic acids is 1. The van der Waals surface area contributed by atoms with E-state index in [0.717, 1.165) is 0 Å². The first-order valence-corrected chi connectivity index (χ1v) is 10.9. The lowest BCUT2D eigenvalue weighted by Crippen LogP contribution is -2.48. The van der Waals surface area contributed by atoms with E-state index in [-0.39, 0.29) is 10.7 Å². The van der Waals surface area contributed by atoms with Gasteiger partial charge >= 0.3 is 13.8 Å². The number of aliphatic hydroxyl groups excluding tert-OH is 4. The zero-order chi connectivity index (χ0) is 25.5. The van der Waals surface area contributed by atoms with Crippen molar-refractivity contribution in [1.29, 1.82) is 0 Å². The molecule has 0 aliphatic rings. The fourth-order valence-electron chi connectivity index (χ4n) is 2.30. The lowest BCUT2D eigenvalue weighted by atomic mass is 10.0. The van der Waals surface area contributed by atoms with Gasteiger partial charge in [0.05, 0.1) is 22.1 Å². The summed E-state index contributed by atoms with van der Waals surface area (Å²) in [5, 5.41) is 55.9. The molecule has 0 amide bonds. The highest BCUT2D eigenvalue weighted by Gasteiger charge is 2.35. The van der Waals surface area contributed by atoms with Gasteiger partial charge in [-0.05, 0) is 12.1 Å².